The summed E-state index contributed by atoms with van der Waals surface area (Å²) in [5.41, 5.74) is -0.994. The second-order valence-corrected chi connectivity index (χ2v) is 9.39. The zero-order valence-electron chi connectivity index (χ0n) is 14.7. The summed E-state index contributed by atoms with van der Waals surface area (Å²) in [6.07, 6.45) is 8.78. The average Bonchev–Trinajstić information content (AvgIpc) is 2.75. The van der Waals surface area contributed by atoms with Crippen molar-refractivity contribution in [3.8, 4) is 0 Å². The van der Waals surface area contributed by atoms with Gasteiger partial charge in [-0.25, -0.2) is 0 Å². The van der Waals surface area contributed by atoms with E-state index in [9.17, 15) is 15.3 Å². The summed E-state index contributed by atoms with van der Waals surface area (Å²) >= 11 is 0. The van der Waals surface area contributed by atoms with Gasteiger partial charge in [0.15, 0.2) is 0 Å². The number of hydrogen-bond donors (Lipinski definition) is 3. The van der Waals surface area contributed by atoms with Crippen LogP contribution in [0.25, 0.3) is 0 Å². The SMILES string of the molecule is CC[C@]1(O)[C@@H](O)C[C@H]2[C@@H]3CC[C@H]4C[C@@H](O)CC[C@@H]4[C@H]3CC[C@@]21C. The third-order valence-electron chi connectivity index (χ3n) is 8.87. The molecule has 9 atom stereocenters. The van der Waals surface area contributed by atoms with E-state index in [-0.39, 0.29) is 11.5 Å². The van der Waals surface area contributed by atoms with Crippen molar-refractivity contribution in [3.05, 3.63) is 0 Å². The molecule has 4 aliphatic rings. The lowest BCUT2D eigenvalue weighted by atomic mass is 9.49. The van der Waals surface area contributed by atoms with Crippen molar-refractivity contribution in [2.24, 2.45) is 35.0 Å². The molecule has 3 heteroatoms. The molecule has 0 heterocycles. The first-order valence-corrected chi connectivity index (χ1v) is 9.99. The van der Waals surface area contributed by atoms with Crippen LogP contribution in [0.5, 0.6) is 0 Å². The van der Waals surface area contributed by atoms with Crippen molar-refractivity contribution in [2.45, 2.75) is 89.4 Å². The van der Waals surface area contributed by atoms with Crippen LogP contribution in [0, 0.1) is 35.0 Å². The number of aliphatic hydroxyl groups excluding tert-OH is 2. The number of aliphatic hydroxyl groups is 3. The Bertz CT molecular complexity index is 466. The fraction of sp³-hybridized carbons (Fsp3) is 1.00. The zero-order chi connectivity index (χ0) is 16.4. The molecule has 0 spiro atoms. The van der Waals surface area contributed by atoms with Crippen LogP contribution in [0.2, 0.25) is 0 Å². The lowest BCUT2D eigenvalue weighted by molar-refractivity contribution is -0.158. The molecule has 0 unspecified atom stereocenters. The van der Waals surface area contributed by atoms with Crippen molar-refractivity contribution in [1.82, 2.24) is 0 Å². The van der Waals surface area contributed by atoms with Crippen LogP contribution in [-0.2, 0) is 0 Å². The van der Waals surface area contributed by atoms with E-state index >= 15 is 0 Å². The molecule has 0 aromatic carbocycles. The predicted molar refractivity (Wildman–Crippen MR) is 89.7 cm³/mol. The third-order valence-corrected chi connectivity index (χ3v) is 8.87. The molecule has 0 bridgehead atoms. The van der Waals surface area contributed by atoms with E-state index in [1.165, 1.54) is 25.7 Å². The highest BCUT2D eigenvalue weighted by Crippen LogP contribution is 2.65. The van der Waals surface area contributed by atoms with Crippen LogP contribution in [0.3, 0.4) is 0 Å². The van der Waals surface area contributed by atoms with E-state index in [0.29, 0.717) is 18.3 Å². The van der Waals surface area contributed by atoms with E-state index < -0.39 is 11.7 Å². The Labute approximate surface area is 140 Å². The Morgan fingerprint density at radius 2 is 1.65 bits per heavy atom. The van der Waals surface area contributed by atoms with Gasteiger partial charge in [-0.05, 0) is 87.4 Å². The molecule has 4 saturated carbocycles. The first kappa shape index (κ1) is 16.4. The van der Waals surface area contributed by atoms with Crippen LogP contribution in [0.15, 0.2) is 0 Å². The molecule has 3 nitrogen and oxygen atoms in total. The molecule has 0 radical (unpaired) electrons. The molecular formula is C20H34O3. The van der Waals surface area contributed by atoms with E-state index in [1.807, 2.05) is 6.92 Å². The largest absolute Gasteiger partial charge is 0.393 e. The van der Waals surface area contributed by atoms with Gasteiger partial charge in [0.1, 0.15) is 0 Å². The van der Waals surface area contributed by atoms with Gasteiger partial charge in [0.05, 0.1) is 17.8 Å². The Morgan fingerprint density at radius 3 is 2.39 bits per heavy atom. The Kier molecular flexibility index (Phi) is 3.87. The molecule has 4 fully saturated rings. The van der Waals surface area contributed by atoms with Gasteiger partial charge in [0.2, 0.25) is 0 Å². The zero-order valence-corrected chi connectivity index (χ0v) is 14.7. The van der Waals surface area contributed by atoms with Crippen LogP contribution in [0.1, 0.15) is 71.6 Å². The van der Waals surface area contributed by atoms with Crippen molar-refractivity contribution >= 4 is 0 Å². The summed E-state index contributed by atoms with van der Waals surface area (Å²) in [7, 11) is 0. The molecule has 0 aromatic rings. The quantitative estimate of drug-likeness (QED) is 0.695. The Morgan fingerprint density at radius 1 is 0.913 bits per heavy atom. The van der Waals surface area contributed by atoms with Crippen LogP contribution in [0.4, 0.5) is 0 Å². The average molecular weight is 322 g/mol. The summed E-state index contributed by atoms with van der Waals surface area (Å²) in [6, 6.07) is 0. The molecule has 0 saturated heterocycles. The molecular weight excluding hydrogens is 288 g/mol. The fourth-order valence-electron chi connectivity index (χ4n) is 7.58. The van der Waals surface area contributed by atoms with E-state index in [0.717, 1.165) is 43.4 Å². The summed E-state index contributed by atoms with van der Waals surface area (Å²) in [5, 5.41) is 31.8. The first-order chi connectivity index (χ1) is 10.9. The van der Waals surface area contributed by atoms with Gasteiger partial charge >= 0.3 is 0 Å². The normalized spacial score (nSPS) is 59.1. The van der Waals surface area contributed by atoms with Gasteiger partial charge in [-0.1, -0.05) is 13.8 Å². The van der Waals surface area contributed by atoms with Gasteiger partial charge < -0.3 is 15.3 Å². The van der Waals surface area contributed by atoms with Gasteiger partial charge in [0, 0.05) is 5.41 Å². The predicted octanol–water partition coefficient (Wildman–Crippen LogP) is 3.11. The highest BCUT2D eigenvalue weighted by Gasteiger charge is 2.65. The summed E-state index contributed by atoms with van der Waals surface area (Å²) in [5.74, 6) is 3.44. The van der Waals surface area contributed by atoms with Crippen LogP contribution >= 0.6 is 0 Å². The molecule has 0 amide bonds. The minimum Gasteiger partial charge on any atom is -0.393 e. The lowest BCUT2D eigenvalue weighted by Gasteiger charge is -2.57. The monoisotopic (exact) mass is 322 g/mol. The smallest absolute Gasteiger partial charge is 0.0958 e. The van der Waals surface area contributed by atoms with Crippen LogP contribution in [-0.4, -0.2) is 33.1 Å². The van der Waals surface area contributed by atoms with E-state index in [1.54, 1.807) is 0 Å². The maximum atomic E-state index is 11.2. The second-order valence-electron chi connectivity index (χ2n) is 9.39. The highest BCUT2D eigenvalue weighted by molar-refractivity contribution is 5.15. The molecule has 0 aliphatic heterocycles. The van der Waals surface area contributed by atoms with Crippen LogP contribution < -0.4 is 0 Å². The number of hydrogen-bond acceptors (Lipinski definition) is 3. The van der Waals surface area contributed by atoms with Crippen molar-refractivity contribution in [1.29, 1.82) is 0 Å². The maximum Gasteiger partial charge on any atom is 0.0958 e. The summed E-state index contributed by atoms with van der Waals surface area (Å²) < 4.78 is 0. The number of fused-ring (bicyclic) bond motifs is 5. The van der Waals surface area contributed by atoms with Crippen molar-refractivity contribution in [2.75, 3.05) is 0 Å². The lowest BCUT2D eigenvalue weighted by Crippen LogP contribution is -2.55. The van der Waals surface area contributed by atoms with E-state index in [2.05, 4.69) is 6.92 Å². The Balaban J connectivity index is 1.60. The topological polar surface area (TPSA) is 60.7 Å². The van der Waals surface area contributed by atoms with E-state index in [4.69, 9.17) is 0 Å². The van der Waals surface area contributed by atoms with Gasteiger partial charge in [-0.3, -0.25) is 0 Å². The molecule has 4 rings (SSSR count). The molecule has 3 N–H and O–H groups in total. The fourth-order valence-corrected chi connectivity index (χ4v) is 7.58. The maximum absolute atomic E-state index is 11.2. The summed E-state index contributed by atoms with van der Waals surface area (Å²) in [4.78, 5) is 0. The molecule has 132 valence electrons. The van der Waals surface area contributed by atoms with Crippen molar-refractivity contribution < 1.29 is 15.3 Å². The molecule has 4 aliphatic carbocycles. The third kappa shape index (κ3) is 2.12. The van der Waals surface area contributed by atoms with Gasteiger partial charge in [-0.15, -0.1) is 0 Å². The standard InChI is InChI=1S/C20H34O3/c1-3-20(23)18(22)11-17-16-6-4-12-10-13(21)5-7-14(12)15(16)8-9-19(17,20)2/h12-18,21-23H,3-11H2,1-2H3/t12-,13-,14-,15+,16+,17-,18-,19-,20-/m0/s1. The second kappa shape index (κ2) is 5.44. The molecule has 23 heavy (non-hydrogen) atoms. The highest BCUT2D eigenvalue weighted by atomic mass is 16.3. The number of rotatable bonds is 1. The van der Waals surface area contributed by atoms with Gasteiger partial charge in [0.25, 0.3) is 0 Å². The first-order valence-electron chi connectivity index (χ1n) is 9.99. The minimum atomic E-state index is -0.887. The summed E-state index contributed by atoms with van der Waals surface area (Å²) in [6.45, 7) is 4.28. The van der Waals surface area contributed by atoms with Gasteiger partial charge in [-0.2, -0.15) is 0 Å². The molecule has 0 aromatic heterocycles. The Hall–Kier alpha value is -0.120. The van der Waals surface area contributed by atoms with Crippen molar-refractivity contribution in [3.63, 3.8) is 0 Å². The minimum absolute atomic E-state index is 0.0693.